The Morgan fingerprint density at radius 2 is 1.92 bits per heavy atom. The van der Waals surface area contributed by atoms with Crippen LogP contribution in [0.3, 0.4) is 0 Å². The van der Waals surface area contributed by atoms with Gasteiger partial charge in [0, 0.05) is 5.56 Å². The molecular weight excluding hydrogens is 329 g/mol. The number of benzene rings is 2. The highest BCUT2D eigenvalue weighted by Gasteiger charge is 2.12. The Bertz CT molecular complexity index is 849. The molecule has 0 radical (unpaired) electrons. The van der Waals surface area contributed by atoms with Gasteiger partial charge in [-0.2, -0.15) is 0 Å². The van der Waals surface area contributed by atoms with Crippen LogP contribution in [0.15, 0.2) is 48.5 Å². The van der Waals surface area contributed by atoms with Gasteiger partial charge in [0.25, 0.3) is 5.91 Å². The highest BCUT2D eigenvalue weighted by atomic mass is 32.1. The number of amides is 1. The molecular formula is C17H14FN3O2S. The smallest absolute Gasteiger partial charge is 0.257 e. The fraction of sp³-hybridized carbons (Fsp3) is 0.118. The molecule has 24 heavy (non-hydrogen) atoms. The van der Waals surface area contributed by atoms with Crippen molar-refractivity contribution in [2.24, 2.45) is 0 Å². The van der Waals surface area contributed by atoms with Crippen molar-refractivity contribution in [3.05, 3.63) is 70.5 Å². The van der Waals surface area contributed by atoms with Crippen molar-refractivity contribution in [1.82, 2.24) is 10.2 Å². The molecule has 0 bridgehead atoms. The number of anilines is 1. The average molecular weight is 343 g/mol. The van der Waals surface area contributed by atoms with Gasteiger partial charge in [0.05, 0.1) is 0 Å². The van der Waals surface area contributed by atoms with Gasteiger partial charge in [0.15, 0.2) is 5.01 Å². The molecule has 0 saturated carbocycles. The molecule has 3 rings (SSSR count). The Morgan fingerprint density at radius 1 is 1.17 bits per heavy atom. The van der Waals surface area contributed by atoms with E-state index < -0.39 is 0 Å². The Balaban J connectivity index is 1.60. The van der Waals surface area contributed by atoms with E-state index in [0.29, 0.717) is 21.5 Å². The van der Waals surface area contributed by atoms with Gasteiger partial charge in [-0.15, -0.1) is 10.2 Å². The fourth-order valence-electron chi connectivity index (χ4n) is 2.03. The molecule has 2 aromatic carbocycles. The predicted octanol–water partition coefficient (Wildman–Crippen LogP) is 3.82. The summed E-state index contributed by atoms with van der Waals surface area (Å²) in [6.45, 7) is 2.07. The third-order valence-electron chi connectivity index (χ3n) is 3.25. The fourth-order valence-corrected chi connectivity index (χ4v) is 2.68. The highest BCUT2D eigenvalue weighted by molar-refractivity contribution is 7.15. The molecule has 0 atom stereocenters. The van der Waals surface area contributed by atoms with Crippen molar-refractivity contribution in [2.75, 3.05) is 5.32 Å². The van der Waals surface area contributed by atoms with E-state index in [4.69, 9.17) is 4.74 Å². The van der Waals surface area contributed by atoms with Gasteiger partial charge in [0.2, 0.25) is 5.13 Å². The maximum Gasteiger partial charge on any atom is 0.257 e. The molecule has 1 N–H and O–H groups in total. The van der Waals surface area contributed by atoms with Gasteiger partial charge in [-0.1, -0.05) is 29.5 Å². The summed E-state index contributed by atoms with van der Waals surface area (Å²) in [5.74, 6) is -0.00758. The molecule has 1 amide bonds. The monoisotopic (exact) mass is 343 g/mol. The van der Waals surface area contributed by atoms with Crippen LogP contribution >= 0.6 is 11.3 Å². The normalized spacial score (nSPS) is 10.4. The Morgan fingerprint density at radius 3 is 2.67 bits per heavy atom. The number of hydrogen-bond donors (Lipinski definition) is 1. The number of nitrogens with one attached hydrogen (secondary N) is 1. The van der Waals surface area contributed by atoms with Gasteiger partial charge in [-0.3, -0.25) is 10.1 Å². The lowest BCUT2D eigenvalue weighted by Gasteiger charge is -2.04. The van der Waals surface area contributed by atoms with E-state index in [-0.39, 0.29) is 18.3 Å². The number of ether oxygens (including phenoxy) is 1. The Labute approximate surface area is 142 Å². The van der Waals surface area contributed by atoms with Gasteiger partial charge in [0.1, 0.15) is 18.2 Å². The number of nitrogens with zero attached hydrogens (tertiary/aromatic N) is 2. The SMILES string of the molecule is Cc1ccccc1C(=O)Nc1nnc(COc2ccc(F)cc2)s1. The summed E-state index contributed by atoms with van der Waals surface area (Å²) in [5, 5.41) is 11.6. The van der Waals surface area contributed by atoms with Crippen molar-refractivity contribution < 1.29 is 13.9 Å². The van der Waals surface area contributed by atoms with E-state index in [9.17, 15) is 9.18 Å². The van der Waals surface area contributed by atoms with Gasteiger partial charge >= 0.3 is 0 Å². The summed E-state index contributed by atoms with van der Waals surface area (Å²) in [4.78, 5) is 12.2. The minimum Gasteiger partial charge on any atom is -0.486 e. The number of carbonyl (C=O) groups excluding carboxylic acids is 1. The quantitative estimate of drug-likeness (QED) is 0.765. The largest absolute Gasteiger partial charge is 0.486 e. The predicted molar refractivity (Wildman–Crippen MR) is 89.8 cm³/mol. The Kier molecular flexibility index (Phi) is 4.81. The zero-order valence-electron chi connectivity index (χ0n) is 12.8. The summed E-state index contributed by atoms with van der Waals surface area (Å²) < 4.78 is 18.3. The van der Waals surface area contributed by atoms with Crippen LogP contribution in [0.1, 0.15) is 20.9 Å². The van der Waals surface area contributed by atoms with Crippen LogP contribution in [0.2, 0.25) is 0 Å². The highest BCUT2D eigenvalue weighted by Crippen LogP contribution is 2.19. The van der Waals surface area contributed by atoms with Crippen LogP contribution in [0.4, 0.5) is 9.52 Å². The Hall–Kier alpha value is -2.80. The van der Waals surface area contributed by atoms with Gasteiger partial charge in [-0.05, 0) is 42.8 Å². The number of halogens is 1. The zero-order valence-corrected chi connectivity index (χ0v) is 13.6. The summed E-state index contributed by atoms with van der Waals surface area (Å²) in [6, 6.07) is 13.0. The molecule has 1 aromatic heterocycles. The molecule has 3 aromatic rings. The molecule has 0 unspecified atom stereocenters. The third-order valence-corrected chi connectivity index (χ3v) is 4.07. The van der Waals surface area contributed by atoms with Crippen molar-refractivity contribution in [3.8, 4) is 5.75 Å². The molecule has 0 aliphatic carbocycles. The molecule has 0 aliphatic rings. The van der Waals surface area contributed by atoms with E-state index in [1.165, 1.54) is 35.6 Å². The third kappa shape index (κ3) is 3.94. The summed E-state index contributed by atoms with van der Waals surface area (Å²) >= 11 is 1.23. The number of carbonyl (C=O) groups is 1. The second-order valence-electron chi connectivity index (χ2n) is 5.01. The summed E-state index contributed by atoms with van der Waals surface area (Å²) in [5.41, 5.74) is 1.48. The van der Waals surface area contributed by atoms with E-state index in [0.717, 1.165) is 5.56 Å². The molecule has 0 saturated heterocycles. The first-order valence-corrected chi connectivity index (χ1v) is 8.01. The van der Waals surface area contributed by atoms with Crippen LogP contribution in [-0.4, -0.2) is 16.1 Å². The first kappa shape index (κ1) is 16.1. The van der Waals surface area contributed by atoms with Crippen molar-refractivity contribution in [1.29, 1.82) is 0 Å². The van der Waals surface area contributed by atoms with E-state index in [2.05, 4.69) is 15.5 Å². The molecule has 122 valence electrons. The maximum absolute atomic E-state index is 12.8. The average Bonchev–Trinajstić information content (AvgIpc) is 3.02. The van der Waals surface area contributed by atoms with Crippen LogP contribution in [-0.2, 0) is 6.61 Å². The van der Waals surface area contributed by atoms with E-state index in [1.54, 1.807) is 6.07 Å². The number of rotatable bonds is 5. The first-order valence-electron chi connectivity index (χ1n) is 7.19. The number of hydrogen-bond acceptors (Lipinski definition) is 5. The van der Waals surface area contributed by atoms with Crippen LogP contribution in [0.25, 0.3) is 0 Å². The van der Waals surface area contributed by atoms with Crippen LogP contribution < -0.4 is 10.1 Å². The minimum atomic E-state index is -0.320. The lowest BCUT2D eigenvalue weighted by Crippen LogP contribution is -2.12. The molecule has 0 aliphatic heterocycles. The van der Waals surface area contributed by atoms with Crippen LogP contribution in [0, 0.1) is 12.7 Å². The molecule has 0 spiro atoms. The lowest BCUT2D eigenvalue weighted by atomic mass is 10.1. The second kappa shape index (κ2) is 7.18. The van der Waals surface area contributed by atoms with Gasteiger partial charge < -0.3 is 4.74 Å². The number of aryl methyl sites for hydroxylation is 1. The van der Waals surface area contributed by atoms with Crippen molar-refractivity contribution >= 4 is 22.4 Å². The van der Waals surface area contributed by atoms with Crippen LogP contribution in [0.5, 0.6) is 5.75 Å². The standard InChI is InChI=1S/C17H14FN3O2S/c1-11-4-2-3-5-14(11)16(22)19-17-21-20-15(24-17)10-23-13-8-6-12(18)7-9-13/h2-9H,10H2,1H3,(H,19,21,22). The van der Waals surface area contributed by atoms with Crippen molar-refractivity contribution in [3.63, 3.8) is 0 Å². The van der Waals surface area contributed by atoms with E-state index in [1.807, 2.05) is 25.1 Å². The number of aromatic nitrogens is 2. The first-order chi connectivity index (χ1) is 11.6. The maximum atomic E-state index is 12.8. The second-order valence-corrected chi connectivity index (χ2v) is 6.07. The lowest BCUT2D eigenvalue weighted by molar-refractivity contribution is 0.102. The van der Waals surface area contributed by atoms with Crippen molar-refractivity contribution in [2.45, 2.75) is 13.5 Å². The molecule has 1 heterocycles. The topological polar surface area (TPSA) is 64.1 Å². The van der Waals surface area contributed by atoms with Gasteiger partial charge in [-0.25, -0.2) is 4.39 Å². The summed E-state index contributed by atoms with van der Waals surface area (Å²) in [6.07, 6.45) is 0. The molecule has 0 fully saturated rings. The molecule has 7 heteroatoms. The minimum absolute atomic E-state index is 0.198. The zero-order chi connectivity index (χ0) is 16.9. The summed E-state index contributed by atoms with van der Waals surface area (Å²) in [7, 11) is 0. The molecule has 5 nitrogen and oxygen atoms in total. The van der Waals surface area contributed by atoms with E-state index >= 15 is 0 Å².